The van der Waals surface area contributed by atoms with E-state index < -0.39 is 0 Å². The van der Waals surface area contributed by atoms with Crippen molar-refractivity contribution in [1.29, 1.82) is 0 Å². The normalized spacial score (nSPS) is 11.5. The minimum absolute atomic E-state index is 0.710. The lowest BCUT2D eigenvalue weighted by molar-refractivity contribution is 0.813. The molecule has 1 aromatic heterocycles. The van der Waals surface area contributed by atoms with Gasteiger partial charge >= 0.3 is 0 Å². The third kappa shape index (κ3) is 5.69. The van der Waals surface area contributed by atoms with Crippen molar-refractivity contribution in [3.63, 3.8) is 0 Å². The van der Waals surface area contributed by atoms with E-state index in [1.54, 1.807) is 18.4 Å². The number of aromatic nitrogens is 1. The molecule has 118 valence electrons. The minimum Gasteiger partial charge on any atom is -0.356 e. The third-order valence-corrected chi connectivity index (χ3v) is 5.02. The lowest BCUT2D eigenvalue weighted by Crippen LogP contribution is -2.38. The van der Waals surface area contributed by atoms with Gasteiger partial charge in [0.15, 0.2) is 5.96 Å². The van der Waals surface area contributed by atoms with Crippen LogP contribution >= 0.6 is 23.1 Å². The number of thioether (sulfide) groups is 1. The fourth-order valence-corrected chi connectivity index (χ4v) is 3.38. The Morgan fingerprint density at radius 2 is 2.09 bits per heavy atom. The average molecular weight is 335 g/mol. The maximum Gasteiger partial charge on any atom is 0.191 e. The van der Waals surface area contributed by atoms with Gasteiger partial charge < -0.3 is 10.6 Å². The number of nitrogens with zero attached hydrogens (tertiary/aromatic N) is 2. The zero-order valence-corrected chi connectivity index (χ0v) is 14.6. The van der Waals surface area contributed by atoms with Gasteiger partial charge in [-0.2, -0.15) is 0 Å². The SMILES string of the molecule is CCc1nc(CNC(=NC)NCCSc2ccccc2)cs1. The zero-order valence-electron chi connectivity index (χ0n) is 13.0. The molecule has 0 aliphatic heterocycles. The number of aryl methyl sites for hydroxylation is 1. The molecule has 0 amide bonds. The van der Waals surface area contributed by atoms with Crippen LogP contribution in [0.5, 0.6) is 0 Å². The molecule has 2 aromatic rings. The van der Waals surface area contributed by atoms with Gasteiger partial charge in [-0.25, -0.2) is 4.98 Å². The van der Waals surface area contributed by atoms with Crippen molar-refractivity contribution >= 4 is 29.1 Å². The first-order valence-electron chi connectivity index (χ1n) is 7.37. The van der Waals surface area contributed by atoms with E-state index >= 15 is 0 Å². The molecule has 0 bridgehead atoms. The van der Waals surface area contributed by atoms with Gasteiger partial charge in [0, 0.05) is 29.6 Å². The largest absolute Gasteiger partial charge is 0.356 e. The fourth-order valence-electron chi connectivity index (χ4n) is 1.84. The van der Waals surface area contributed by atoms with Crippen LogP contribution in [-0.2, 0) is 13.0 Å². The smallest absolute Gasteiger partial charge is 0.191 e. The van der Waals surface area contributed by atoms with Crippen LogP contribution in [0.2, 0.25) is 0 Å². The van der Waals surface area contributed by atoms with Crippen molar-refractivity contribution in [3.8, 4) is 0 Å². The molecule has 0 saturated heterocycles. The fraction of sp³-hybridized carbons (Fsp3) is 0.375. The van der Waals surface area contributed by atoms with Crippen LogP contribution in [0.4, 0.5) is 0 Å². The Kier molecular flexibility index (Phi) is 7.25. The van der Waals surface area contributed by atoms with Crippen molar-refractivity contribution in [2.75, 3.05) is 19.3 Å². The molecule has 2 N–H and O–H groups in total. The summed E-state index contributed by atoms with van der Waals surface area (Å²) in [4.78, 5) is 10.1. The summed E-state index contributed by atoms with van der Waals surface area (Å²) in [6.07, 6.45) is 0.994. The standard InChI is InChI=1S/C16H22N4S2/c1-3-15-20-13(12-22-15)11-19-16(17-2)18-9-10-21-14-7-5-4-6-8-14/h4-8,12H,3,9-11H2,1-2H3,(H2,17,18,19). The first-order chi connectivity index (χ1) is 10.8. The molecule has 0 atom stereocenters. The van der Waals surface area contributed by atoms with Gasteiger partial charge in [-0.1, -0.05) is 25.1 Å². The summed E-state index contributed by atoms with van der Waals surface area (Å²) in [5.41, 5.74) is 1.07. The number of hydrogen-bond donors (Lipinski definition) is 2. The number of nitrogens with one attached hydrogen (secondary N) is 2. The molecule has 0 fully saturated rings. The summed E-state index contributed by atoms with van der Waals surface area (Å²) < 4.78 is 0. The quantitative estimate of drug-likeness (QED) is 0.353. The van der Waals surface area contributed by atoms with Gasteiger partial charge in [-0.15, -0.1) is 23.1 Å². The summed E-state index contributed by atoms with van der Waals surface area (Å²) in [7, 11) is 1.79. The van der Waals surface area contributed by atoms with E-state index in [0.29, 0.717) is 6.54 Å². The van der Waals surface area contributed by atoms with Crippen molar-refractivity contribution < 1.29 is 0 Å². The third-order valence-electron chi connectivity index (χ3n) is 2.97. The highest BCUT2D eigenvalue weighted by atomic mass is 32.2. The monoisotopic (exact) mass is 334 g/mol. The average Bonchev–Trinajstić information content (AvgIpc) is 3.03. The molecule has 4 nitrogen and oxygen atoms in total. The van der Waals surface area contributed by atoms with Gasteiger partial charge in [0.25, 0.3) is 0 Å². The van der Waals surface area contributed by atoms with Crippen LogP contribution < -0.4 is 10.6 Å². The number of benzene rings is 1. The highest BCUT2D eigenvalue weighted by molar-refractivity contribution is 7.99. The molecule has 0 saturated carbocycles. The van der Waals surface area contributed by atoms with E-state index in [0.717, 1.165) is 30.4 Å². The summed E-state index contributed by atoms with van der Waals surface area (Å²) in [6, 6.07) is 10.4. The zero-order chi connectivity index (χ0) is 15.6. The lowest BCUT2D eigenvalue weighted by atomic mass is 10.4. The molecule has 0 spiro atoms. The number of hydrogen-bond acceptors (Lipinski definition) is 4. The summed E-state index contributed by atoms with van der Waals surface area (Å²) in [6.45, 7) is 3.71. The van der Waals surface area contributed by atoms with Crippen LogP contribution in [0.3, 0.4) is 0 Å². The molecular weight excluding hydrogens is 312 g/mol. The Hall–Kier alpha value is -1.53. The molecule has 0 radical (unpaired) electrons. The van der Waals surface area contributed by atoms with Crippen LogP contribution in [0, 0.1) is 0 Å². The topological polar surface area (TPSA) is 49.3 Å². The van der Waals surface area contributed by atoms with Gasteiger partial charge in [-0.05, 0) is 18.6 Å². The maximum absolute atomic E-state index is 4.54. The number of aliphatic imine (C=N–C) groups is 1. The van der Waals surface area contributed by atoms with Crippen molar-refractivity contribution in [3.05, 3.63) is 46.4 Å². The molecule has 6 heteroatoms. The predicted molar refractivity (Wildman–Crippen MR) is 96.9 cm³/mol. The van der Waals surface area contributed by atoms with Gasteiger partial charge in [0.1, 0.15) is 0 Å². The van der Waals surface area contributed by atoms with E-state index in [2.05, 4.69) is 57.2 Å². The minimum atomic E-state index is 0.710. The Bertz CT molecular complexity index is 581. The van der Waals surface area contributed by atoms with E-state index in [9.17, 15) is 0 Å². The highest BCUT2D eigenvalue weighted by Crippen LogP contribution is 2.15. The molecule has 0 aliphatic carbocycles. The molecule has 1 aromatic carbocycles. The molecule has 1 heterocycles. The summed E-state index contributed by atoms with van der Waals surface area (Å²) in [5, 5.41) is 9.90. The Labute approximate surface area is 140 Å². The molecule has 0 aliphatic rings. The Morgan fingerprint density at radius 3 is 2.77 bits per heavy atom. The predicted octanol–water partition coefficient (Wildman–Crippen LogP) is 3.16. The highest BCUT2D eigenvalue weighted by Gasteiger charge is 2.02. The van der Waals surface area contributed by atoms with Gasteiger partial charge in [0.05, 0.1) is 17.2 Å². The first kappa shape index (κ1) is 16.8. The first-order valence-corrected chi connectivity index (χ1v) is 9.24. The Balaban J connectivity index is 1.67. The van der Waals surface area contributed by atoms with E-state index in [1.165, 1.54) is 9.90 Å². The second-order valence-corrected chi connectivity index (χ2v) is 6.71. The molecule has 2 rings (SSSR count). The van der Waals surface area contributed by atoms with Crippen LogP contribution in [0.15, 0.2) is 45.6 Å². The van der Waals surface area contributed by atoms with E-state index in [4.69, 9.17) is 0 Å². The van der Waals surface area contributed by atoms with Crippen molar-refractivity contribution in [1.82, 2.24) is 15.6 Å². The summed E-state index contributed by atoms with van der Waals surface area (Å²) >= 11 is 3.55. The van der Waals surface area contributed by atoms with Crippen molar-refractivity contribution in [2.24, 2.45) is 4.99 Å². The lowest BCUT2D eigenvalue weighted by Gasteiger charge is -2.10. The van der Waals surface area contributed by atoms with E-state index in [1.807, 2.05) is 17.8 Å². The Morgan fingerprint density at radius 1 is 1.27 bits per heavy atom. The van der Waals surface area contributed by atoms with Crippen LogP contribution in [-0.4, -0.2) is 30.3 Å². The maximum atomic E-state index is 4.54. The summed E-state index contributed by atoms with van der Waals surface area (Å²) in [5.74, 6) is 1.82. The molecule has 22 heavy (non-hydrogen) atoms. The number of guanidine groups is 1. The van der Waals surface area contributed by atoms with Gasteiger partial charge in [-0.3, -0.25) is 4.99 Å². The second kappa shape index (κ2) is 9.48. The van der Waals surface area contributed by atoms with Crippen molar-refractivity contribution in [2.45, 2.75) is 24.8 Å². The van der Waals surface area contributed by atoms with Gasteiger partial charge in [0.2, 0.25) is 0 Å². The molecular formula is C16H22N4S2. The number of rotatable bonds is 7. The molecule has 0 unspecified atom stereocenters. The van der Waals surface area contributed by atoms with Crippen LogP contribution in [0.1, 0.15) is 17.6 Å². The van der Waals surface area contributed by atoms with E-state index in [-0.39, 0.29) is 0 Å². The number of thiazole rings is 1. The van der Waals surface area contributed by atoms with Crippen LogP contribution in [0.25, 0.3) is 0 Å². The second-order valence-electron chi connectivity index (χ2n) is 4.60.